The molecule has 1 amide bonds. The molecule has 0 radical (unpaired) electrons. The number of carbonyl (C=O) groups is 1. The minimum absolute atomic E-state index is 0.175. The highest BCUT2D eigenvalue weighted by molar-refractivity contribution is 7.90. The van der Waals surface area contributed by atoms with Crippen LogP contribution in [-0.4, -0.2) is 36.9 Å². The number of halogens is 1. The number of benzene rings is 2. The number of hydrogen-bond donors (Lipinski definition) is 0. The molecule has 0 aliphatic carbocycles. The van der Waals surface area contributed by atoms with Crippen molar-refractivity contribution in [1.29, 1.82) is 0 Å². The zero-order chi connectivity index (χ0) is 23.0. The Hall–Kier alpha value is -3.26. The van der Waals surface area contributed by atoms with Gasteiger partial charge in [0.05, 0.1) is 16.3 Å². The first-order valence-electron chi connectivity index (χ1n) is 10.3. The molecule has 0 saturated heterocycles. The monoisotopic (exact) mass is 453 g/mol. The molecule has 4 rings (SSSR count). The Morgan fingerprint density at radius 2 is 1.84 bits per heavy atom. The third-order valence-corrected chi connectivity index (χ3v) is 6.79. The maximum Gasteiger partial charge on any atom is 0.250 e. The van der Waals surface area contributed by atoms with Crippen molar-refractivity contribution in [2.75, 3.05) is 17.7 Å². The smallest absolute Gasteiger partial charge is 0.250 e. The molecule has 1 aliphatic rings. The lowest BCUT2D eigenvalue weighted by atomic mass is 10.0. The van der Waals surface area contributed by atoms with Crippen LogP contribution >= 0.6 is 0 Å². The minimum atomic E-state index is -3.30. The van der Waals surface area contributed by atoms with Gasteiger partial charge in [-0.1, -0.05) is 0 Å². The van der Waals surface area contributed by atoms with Gasteiger partial charge in [-0.2, -0.15) is 5.10 Å². The van der Waals surface area contributed by atoms with Crippen LogP contribution in [0.5, 0.6) is 0 Å². The third-order valence-electron chi connectivity index (χ3n) is 5.67. The molecule has 0 unspecified atom stereocenters. The highest BCUT2D eigenvalue weighted by Gasteiger charge is 2.23. The average Bonchev–Trinajstić information content (AvgIpc) is 3.04. The number of nitrogens with zero attached hydrogens (tertiary/aromatic N) is 3. The molecule has 166 valence electrons. The third kappa shape index (κ3) is 4.23. The molecule has 0 fully saturated rings. The molecule has 0 atom stereocenters. The second kappa shape index (κ2) is 8.35. The van der Waals surface area contributed by atoms with Crippen molar-refractivity contribution in [3.8, 4) is 5.69 Å². The summed E-state index contributed by atoms with van der Waals surface area (Å²) in [5.74, 6) is -0.488. The summed E-state index contributed by atoms with van der Waals surface area (Å²) in [4.78, 5) is 14.9. The molecular formula is C24H24FN3O3S. The van der Waals surface area contributed by atoms with Crippen LogP contribution in [0.25, 0.3) is 11.8 Å². The van der Waals surface area contributed by atoms with Crippen LogP contribution in [0.4, 0.5) is 10.1 Å². The fraction of sp³-hybridized carbons (Fsp3) is 0.250. The molecule has 0 saturated carbocycles. The topological polar surface area (TPSA) is 72.3 Å². The molecule has 0 bridgehead atoms. The van der Waals surface area contributed by atoms with Crippen LogP contribution in [0.1, 0.15) is 28.9 Å². The Morgan fingerprint density at radius 1 is 1.12 bits per heavy atom. The lowest BCUT2D eigenvalue weighted by molar-refractivity contribution is -0.114. The summed E-state index contributed by atoms with van der Waals surface area (Å²) in [6, 6.07) is 11.0. The molecule has 3 aromatic rings. The van der Waals surface area contributed by atoms with Gasteiger partial charge in [0.15, 0.2) is 9.84 Å². The zero-order valence-electron chi connectivity index (χ0n) is 18.2. The number of fused-ring (bicyclic) bond motifs is 1. The van der Waals surface area contributed by atoms with E-state index in [1.807, 2.05) is 13.8 Å². The van der Waals surface area contributed by atoms with E-state index in [-0.39, 0.29) is 16.6 Å². The number of amides is 1. The van der Waals surface area contributed by atoms with Crippen LogP contribution in [0.15, 0.2) is 53.4 Å². The van der Waals surface area contributed by atoms with E-state index in [0.717, 1.165) is 46.7 Å². The Morgan fingerprint density at radius 3 is 2.53 bits per heavy atom. The molecule has 0 N–H and O–H groups in total. The summed E-state index contributed by atoms with van der Waals surface area (Å²) < 4.78 is 38.7. The van der Waals surface area contributed by atoms with E-state index >= 15 is 0 Å². The van der Waals surface area contributed by atoms with Gasteiger partial charge < -0.3 is 4.90 Å². The highest BCUT2D eigenvalue weighted by atomic mass is 32.2. The van der Waals surface area contributed by atoms with Gasteiger partial charge >= 0.3 is 0 Å². The van der Waals surface area contributed by atoms with Crippen molar-refractivity contribution in [2.45, 2.75) is 31.6 Å². The second-order valence-electron chi connectivity index (χ2n) is 7.96. The van der Waals surface area contributed by atoms with E-state index in [0.29, 0.717) is 6.54 Å². The van der Waals surface area contributed by atoms with E-state index in [2.05, 4.69) is 5.10 Å². The van der Waals surface area contributed by atoms with E-state index < -0.39 is 9.84 Å². The maximum absolute atomic E-state index is 13.2. The van der Waals surface area contributed by atoms with Crippen molar-refractivity contribution in [1.82, 2.24) is 9.78 Å². The normalized spacial score (nSPS) is 14.1. The Labute approximate surface area is 186 Å². The lowest BCUT2D eigenvalue weighted by Crippen LogP contribution is -2.34. The number of aryl methyl sites for hydroxylation is 2. The minimum Gasteiger partial charge on any atom is -0.309 e. The van der Waals surface area contributed by atoms with Gasteiger partial charge in [-0.05, 0) is 80.8 Å². The van der Waals surface area contributed by atoms with Gasteiger partial charge in [0.1, 0.15) is 5.82 Å². The molecule has 6 nitrogen and oxygen atoms in total. The van der Waals surface area contributed by atoms with Gasteiger partial charge in [-0.15, -0.1) is 0 Å². The Kier molecular flexibility index (Phi) is 5.73. The molecule has 1 aromatic heterocycles. The zero-order valence-corrected chi connectivity index (χ0v) is 19.0. The number of hydrogen-bond acceptors (Lipinski definition) is 4. The Balaban J connectivity index is 1.61. The predicted molar refractivity (Wildman–Crippen MR) is 122 cm³/mol. The van der Waals surface area contributed by atoms with Gasteiger partial charge in [0, 0.05) is 35.8 Å². The number of carbonyl (C=O) groups excluding carboxylic acids is 1. The van der Waals surface area contributed by atoms with Gasteiger partial charge in [-0.3, -0.25) is 4.79 Å². The summed E-state index contributed by atoms with van der Waals surface area (Å²) in [6.45, 7) is 4.33. The molecule has 1 aliphatic heterocycles. The van der Waals surface area contributed by atoms with E-state index in [4.69, 9.17) is 0 Å². The fourth-order valence-corrected chi connectivity index (χ4v) is 4.68. The molecule has 2 aromatic carbocycles. The summed E-state index contributed by atoms with van der Waals surface area (Å²) >= 11 is 0. The van der Waals surface area contributed by atoms with Crippen LogP contribution in [-0.2, 0) is 21.1 Å². The van der Waals surface area contributed by atoms with Gasteiger partial charge in [0.25, 0.3) is 5.91 Å². The van der Waals surface area contributed by atoms with Crippen LogP contribution in [0, 0.1) is 19.7 Å². The van der Waals surface area contributed by atoms with Gasteiger partial charge in [-0.25, -0.2) is 17.5 Å². The Bertz CT molecular complexity index is 1330. The molecule has 32 heavy (non-hydrogen) atoms. The average molecular weight is 454 g/mol. The summed E-state index contributed by atoms with van der Waals surface area (Å²) in [6.07, 6.45) is 5.94. The van der Waals surface area contributed by atoms with E-state index in [9.17, 15) is 17.6 Å². The highest BCUT2D eigenvalue weighted by Crippen LogP contribution is 2.30. The number of anilines is 1. The molecule has 0 spiro atoms. The quantitative estimate of drug-likeness (QED) is 0.560. The van der Waals surface area contributed by atoms with E-state index in [1.54, 1.807) is 46.0 Å². The van der Waals surface area contributed by atoms with Crippen molar-refractivity contribution in [3.63, 3.8) is 0 Å². The van der Waals surface area contributed by atoms with E-state index in [1.165, 1.54) is 24.5 Å². The largest absolute Gasteiger partial charge is 0.309 e. The summed E-state index contributed by atoms with van der Waals surface area (Å²) in [5, 5.41) is 4.53. The number of sulfone groups is 1. The SMILES string of the molecule is Cc1nn(-c2ccc(F)cc2)c(C)c1/C=C/C(=O)N1CCCc2cc(S(C)(=O)=O)ccc21. The first-order chi connectivity index (χ1) is 15.1. The lowest BCUT2D eigenvalue weighted by Gasteiger charge is -2.29. The second-order valence-corrected chi connectivity index (χ2v) is 9.98. The standard InChI is InChI=1S/C24H24FN3O3S/c1-16-22(17(2)28(26-16)20-8-6-19(25)7-9-20)11-13-24(29)27-14-4-5-18-15-21(32(3,30)31)10-12-23(18)27/h6-13,15H,4-5,14H2,1-3H3/b13-11+. The fourth-order valence-electron chi connectivity index (χ4n) is 4.01. The summed E-state index contributed by atoms with van der Waals surface area (Å²) in [5.41, 5.74) is 4.77. The summed E-state index contributed by atoms with van der Waals surface area (Å²) in [7, 11) is -3.30. The van der Waals surface area contributed by atoms with Crippen molar-refractivity contribution in [3.05, 3.63) is 76.9 Å². The molecular weight excluding hydrogens is 429 g/mol. The van der Waals surface area contributed by atoms with Crippen molar-refractivity contribution < 1.29 is 17.6 Å². The molecule has 8 heteroatoms. The van der Waals surface area contributed by atoms with Crippen LogP contribution in [0.3, 0.4) is 0 Å². The first-order valence-corrected chi connectivity index (χ1v) is 12.2. The van der Waals surface area contributed by atoms with Crippen molar-refractivity contribution >= 4 is 27.5 Å². The van der Waals surface area contributed by atoms with Gasteiger partial charge in [0.2, 0.25) is 0 Å². The maximum atomic E-state index is 13.2. The predicted octanol–water partition coefficient (Wildman–Crippen LogP) is 4.02. The molecule has 2 heterocycles. The first kappa shape index (κ1) is 22.0. The van der Waals surface area contributed by atoms with Crippen LogP contribution in [0.2, 0.25) is 0 Å². The number of rotatable bonds is 4. The van der Waals surface area contributed by atoms with Crippen molar-refractivity contribution in [2.24, 2.45) is 0 Å². The number of aromatic nitrogens is 2. The van der Waals surface area contributed by atoms with Crippen LogP contribution < -0.4 is 4.90 Å².